The number of nitrogens with two attached hydrogens (primary N) is 2. The number of nitrogens with zero attached hydrogens (tertiary/aromatic N) is 1. The van der Waals surface area contributed by atoms with Crippen molar-refractivity contribution in [1.82, 2.24) is 5.01 Å². The van der Waals surface area contributed by atoms with Crippen LogP contribution >= 0.6 is 0 Å². The fourth-order valence-corrected chi connectivity index (χ4v) is 0.650. The Morgan fingerprint density at radius 2 is 2.07 bits per heavy atom. The molecule has 0 bridgehead atoms. The standard InChI is InChI=1S/C7H17N3O2.C2H6/c1-2-12-6-7(8)5-10(9)3-4-11;1-2/h5,11H,2-4,6,8-9H2,1H3;1-2H3/b7-5-;. The largest absolute Gasteiger partial charge is 0.399 e. The van der Waals surface area contributed by atoms with Gasteiger partial charge in [-0.3, -0.25) is 0 Å². The maximum Gasteiger partial charge on any atom is 0.0875 e. The highest BCUT2D eigenvalue weighted by Crippen LogP contribution is 1.88. The molecule has 5 N–H and O–H groups in total. The van der Waals surface area contributed by atoms with Crippen LogP contribution in [0.5, 0.6) is 0 Å². The number of aliphatic hydroxyl groups is 1. The Bertz CT molecular complexity index is 140. The molecule has 0 aromatic carbocycles. The Balaban J connectivity index is 0. The van der Waals surface area contributed by atoms with Gasteiger partial charge >= 0.3 is 0 Å². The molecule has 0 amide bonds. The summed E-state index contributed by atoms with van der Waals surface area (Å²) in [5.74, 6) is 5.42. The molecule has 0 unspecified atom stereocenters. The number of aliphatic hydroxyl groups excluding tert-OH is 1. The third-order valence-corrected chi connectivity index (χ3v) is 1.16. The fourth-order valence-electron chi connectivity index (χ4n) is 0.650. The molecule has 0 aliphatic heterocycles. The number of hydrogen-bond acceptors (Lipinski definition) is 5. The van der Waals surface area contributed by atoms with Crippen LogP contribution in [0.2, 0.25) is 0 Å². The molecule has 5 heteroatoms. The van der Waals surface area contributed by atoms with Crippen LogP contribution in [0.15, 0.2) is 11.9 Å². The number of rotatable bonds is 6. The monoisotopic (exact) mass is 205 g/mol. The van der Waals surface area contributed by atoms with E-state index in [0.717, 1.165) is 0 Å². The summed E-state index contributed by atoms with van der Waals surface area (Å²) in [6.45, 7) is 7.26. The highest BCUT2D eigenvalue weighted by atomic mass is 16.5. The maximum absolute atomic E-state index is 8.50. The van der Waals surface area contributed by atoms with Crippen molar-refractivity contribution in [3.05, 3.63) is 11.9 Å². The molecule has 86 valence electrons. The van der Waals surface area contributed by atoms with Crippen LogP contribution in [-0.2, 0) is 4.74 Å². The minimum absolute atomic E-state index is 0.00884. The third kappa shape index (κ3) is 11.2. The molecule has 0 aliphatic carbocycles. The number of ether oxygens (including phenoxy) is 1. The lowest BCUT2D eigenvalue weighted by atomic mass is 10.5. The average molecular weight is 205 g/mol. The molecule has 0 rings (SSSR count). The molecule has 14 heavy (non-hydrogen) atoms. The van der Waals surface area contributed by atoms with Gasteiger partial charge in [0.25, 0.3) is 0 Å². The van der Waals surface area contributed by atoms with Gasteiger partial charge in [-0.05, 0) is 6.92 Å². The van der Waals surface area contributed by atoms with Crippen LogP contribution in [0.1, 0.15) is 20.8 Å². The van der Waals surface area contributed by atoms with E-state index in [1.54, 1.807) is 6.20 Å². The first-order chi connectivity index (χ1) is 6.70. The molecule has 0 aliphatic rings. The fraction of sp³-hybridized carbons (Fsp3) is 0.778. The highest BCUT2D eigenvalue weighted by molar-refractivity contribution is 4.94. The third-order valence-electron chi connectivity index (χ3n) is 1.16. The van der Waals surface area contributed by atoms with E-state index in [1.165, 1.54) is 5.01 Å². The van der Waals surface area contributed by atoms with E-state index in [1.807, 2.05) is 20.8 Å². The second-order valence-corrected chi connectivity index (χ2v) is 2.30. The van der Waals surface area contributed by atoms with E-state index >= 15 is 0 Å². The highest BCUT2D eigenvalue weighted by Gasteiger charge is 1.93. The van der Waals surface area contributed by atoms with Crippen molar-refractivity contribution in [3.63, 3.8) is 0 Å². The lowest BCUT2D eigenvalue weighted by Gasteiger charge is -2.12. The molecular formula is C9H23N3O2. The number of hydrazine groups is 1. The molecule has 0 radical (unpaired) electrons. The quantitative estimate of drug-likeness (QED) is 0.420. The van der Waals surface area contributed by atoms with Crippen molar-refractivity contribution in [2.75, 3.05) is 26.4 Å². The van der Waals surface area contributed by atoms with E-state index in [4.69, 9.17) is 21.4 Å². The van der Waals surface area contributed by atoms with Gasteiger partial charge in [0, 0.05) is 12.8 Å². The average Bonchev–Trinajstić information content (AvgIpc) is 2.18. The molecular weight excluding hydrogens is 182 g/mol. The maximum atomic E-state index is 8.50. The zero-order valence-electron chi connectivity index (χ0n) is 9.36. The Morgan fingerprint density at radius 1 is 1.50 bits per heavy atom. The Hall–Kier alpha value is -0.780. The van der Waals surface area contributed by atoms with Gasteiger partial charge in [-0.2, -0.15) is 0 Å². The minimum atomic E-state index is 0.00884. The Labute approximate surface area is 86.3 Å². The summed E-state index contributed by atoms with van der Waals surface area (Å²) in [6, 6.07) is 0. The van der Waals surface area contributed by atoms with Crippen molar-refractivity contribution in [1.29, 1.82) is 0 Å². The van der Waals surface area contributed by atoms with Gasteiger partial charge in [0.2, 0.25) is 0 Å². The topological polar surface area (TPSA) is 84.7 Å². The number of hydrogen-bond donors (Lipinski definition) is 3. The van der Waals surface area contributed by atoms with Gasteiger partial charge in [-0.25, -0.2) is 5.84 Å². The molecule has 0 heterocycles. The predicted octanol–water partition coefficient (Wildman–Crippen LogP) is 0.0172. The van der Waals surface area contributed by atoms with Gasteiger partial charge in [0.1, 0.15) is 0 Å². The van der Waals surface area contributed by atoms with Crippen molar-refractivity contribution in [2.24, 2.45) is 11.6 Å². The smallest absolute Gasteiger partial charge is 0.0875 e. The molecule has 0 saturated heterocycles. The lowest BCUT2D eigenvalue weighted by Crippen LogP contribution is -2.30. The molecule has 5 nitrogen and oxygen atoms in total. The molecule has 0 aromatic rings. The lowest BCUT2D eigenvalue weighted by molar-refractivity contribution is 0.167. The van der Waals surface area contributed by atoms with E-state index < -0.39 is 0 Å². The van der Waals surface area contributed by atoms with Crippen LogP contribution < -0.4 is 11.6 Å². The van der Waals surface area contributed by atoms with Crippen molar-refractivity contribution >= 4 is 0 Å². The molecule has 0 saturated carbocycles. The molecule has 0 spiro atoms. The van der Waals surface area contributed by atoms with Crippen molar-refractivity contribution in [3.8, 4) is 0 Å². The summed E-state index contributed by atoms with van der Waals surface area (Å²) in [6.07, 6.45) is 1.55. The zero-order chi connectivity index (χ0) is 11.4. The van der Waals surface area contributed by atoms with Crippen LogP contribution in [0, 0.1) is 0 Å². The molecule has 0 atom stereocenters. The summed E-state index contributed by atoms with van der Waals surface area (Å²) in [7, 11) is 0. The summed E-state index contributed by atoms with van der Waals surface area (Å²) in [5, 5.41) is 9.83. The second kappa shape index (κ2) is 12.2. The summed E-state index contributed by atoms with van der Waals surface area (Å²) >= 11 is 0. The second-order valence-electron chi connectivity index (χ2n) is 2.30. The van der Waals surface area contributed by atoms with Gasteiger partial charge in [-0.15, -0.1) is 0 Å². The first-order valence-electron chi connectivity index (χ1n) is 4.86. The Kier molecular flexibility index (Phi) is 13.7. The molecule has 0 fully saturated rings. The first kappa shape index (κ1) is 15.7. The van der Waals surface area contributed by atoms with Crippen LogP contribution in [0.25, 0.3) is 0 Å². The van der Waals surface area contributed by atoms with Gasteiger partial charge < -0.3 is 20.6 Å². The minimum Gasteiger partial charge on any atom is -0.399 e. The van der Waals surface area contributed by atoms with Crippen molar-refractivity contribution < 1.29 is 9.84 Å². The van der Waals surface area contributed by atoms with Crippen LogP contribution in [-0.4, -0.2) is 36.5 Å². The first-order valence-corrected chi connectivity index (χ1v) is 4.86. The van der Waals surface area contributed by atoms with Crippen LogP contribution in [0.3, 0.4) is 0 Å². The predicted molar refractivity (Wildman–Crippen MR) is 58.1 cm³/mol. The van der Waals surface area contributed by atoms with Crippen LogP contribution in [0.4, 0.5) is 0 Å². The normalized spacial score (nSPS) is 10.5. The van der Waals surface area contributed by atoms with Crippen molar-refractivity contribution in [2.45, 2.75) is 20.8 Å². The summed E-state index contributed by atoms with van der Waals surface area (Å²) in [4.78, 5) is 0. The van der Waals surface area contributed by atoms with E-state index in [2.05, 4.69) is 0 Å². The van der Waals surface area contributed by atoms with Gasteiger partial charge in [-0.1, -0.05) is 13.8 Å². The summed E-state index contributed by atoms with van der Waals surface area (Å²) < 4.78 is 5.04. The Morgan fingerprint density at radius 3 is 2.50 bits per heavy atom. The van der Waals surface area contributed by atoms with E-state index in [-0.39, 0.29) is 6.61 Å². The van der Waals surface area contributed by atoms with E-state index in [9.17, 15) is 0 Å². The molecule has 0 aromatic heterocycles. The zero-order valence-corrected chi connectivity index (χ0v) is 9.36. The SMILES string of the molecule is CC.CCOC/C(N)=C/N(N)CCO. The summed E-state index contributed by atoms with van der Waals surface area (Å²) in [5.41, 5.74) is 6.07. The van der Waals surface area contributed by atoms with Gasteiger partial charge in [0.05, 0.1) is 25.5 Å². The van der Waals surface area contributed by atoms with Gasteiger partial charge in [0.15, 0.2) is 0 Å². The van der Waals surface area contributed by atoms with E-state index in [0.29, 0.717) is 25.5 Å².